The second-order valence-electron chi connectivity index (χ2n) is 10.1. The van der Waals surface area contributed by atoms with E-state index in [2.05, 4.69) is 0 Å². The lowest BCUT2D eigenvalue weighted by Crippen LogP contribution is -2.82. The number of Topliss-reactive ketones (excluding diaryl/α,β-unsaturated/α-hetero) is 3. The molecule has 1 unspecified atom stereocenters. The van der Waals surface area contributed by atoms with Gasteiger partial charge >= 0.3 is 0 Å². The zero-order valence-corrected chi connectivity index (χ0v) is 21.2. The SMILES string of the molecule is C/C=C/C=C/C(=O)[C@]12C(=O)C(C)=C(O)[C@@](C)(O)[C@H]1[C@H]1\C(=C(O)/C=C/C=C/C)C(=O)C2(C)C(=O)[C@@]1(C)O. The standard InChI is InChI=1S/C28H32O8/c1-7-9-11-13-16(29)18-19-20-27(6,36)21(31)15(3)22(32)28(20,17(30)14-12-10-8-2)25(4,23(18)33)24(34)26(19,5)35/h7-14,19-20,29,31,35-36H,1-6H3/b9-7+,10-8+,13-11+,14-12+,18-16-/t19-,20-,25?,26+,27+,28-/m1/s1. The highest BCUT2D eigenvalue weighted by Gasteiger charge is 2.85. The molecule has 0 saturated heterocycles. The molecular weight excluding hydrogens is 464 g/mol. The van der Waals surface area contributed by atoms with Crippen molar-refractivity contribution in [2.75, 3.05) is 0 Å². The molecule has 4 rings (SSSR count). The van der Waals surface area contributed by atoms with Crippen molar-refractivity contribution >= 4 is 23.1 Å². The Labute approximate surface area is 209 Å². The molecule has 4 N–H and O–H groups in total. The van der Waals surface area contributed by atoms with Crippen molar-refractivity contribution in [2.24, 2.45) is 22.7 Å². The summed E-state index contributed by atoms with van der Waals surface area (Å²) >= 11 is 0. The van der Waals surface area contributed by atoms with Gasteiger partial charge in [0.1, 0.15) is 33.6 Å². The van der Waals surface area contributed by atoms with Gasteiger partial charge in [-0.1, -0.05) is 36.5 Å². The zero-order valence-electron chi connectivity index (χ0n) is 21.2. The predicted octanol–water partition coefficient (Wildman–Crippen LogP) is 2.94. The Morgan fingerprint density at radius 2 is 1.39 bits per heavy atom. The summed E-state index contributed by atoms with van der Waals surface area (Å²) in [4.78, 5) is 55.7. The van der Waals surface area contributed by atoms with Crippen LogP contribution in [0.15, 0.2) is 71.3 Å². The molecule has 0 aliphatic heterocycles. The van der Waals surface area contributed by atoms with Gasteiger partial charge in [0.05, 0.1) is 0 Å². The minimum absolute atomic E-state index is 0.360. The van der Waals surface area contributed by atoms with E-state index in [1.54, 1.807) is 32.1 Å². The number of carbonyl (C=O) groups excluding carboxylic acids is 4. The Morgan fingerprint density at radius 1 is 0.861 bits per heavy atom. The Kier molecular flexibility index (Phi) is 6.53. The van der Waals surface area contributed by atoms with Crippen LogP contribution in [0, 0.1) is 22.7 Å². The van der Waals surface area contributed by atoms with Gasteiger partial charge in [-0.2, -0.15) is 0 Å². The normalized spacial score (nSPS) is 40.4. The molecule has 4 aliphatic carbocycles. The number of fused-ring (bicyclic) bond motifs is 2. The first-order chi connectivity index (χ1) is 16.6. The molecule has 192 valence electrons. The summed E-state index contributed by atoms with van der Waals surface area (Å²) in [6.45, 7) is 8.03. The maximum absolute atomic E-state index is 14.0. The number of allylic oxidation sites excluding steroid dienone is 9. The van der Waals surface area contributed by atoms with E-state index in [0.29, 0.717) is 0 Å². The summed E-state index contributed by atoms with van der Waals surface area (Å²) in [6.07, 6.45) is 11.4. The summed E-state index contributed by atoms with van der Waals surface area (Å²) < 4.78 is 0. The van der Waals surface area contributed by atoms with Crippen molar-refractivity contribution in [3.8, 4) is 0 Å². The molecule has 3 saturated carbocycles. The molecule has 0 aromatic carbocycles. The Morgan fingerprint density at radius 3 is 1.92 bits per heavy atom. The van der Waals surface area contributed by atoms with Crippen LogP contribution in [0.25, 0.3) is 0 Å². The zero-order chi connectivity index (χ0) is 27.4. The molecule has 4 aliphatic rings. The lowest BCUT2D eigenvalue weighted by molar-refractivity contribution is -0.222. The second-order valence-corrected chi connectivity index (χ2v) is 10.1. The minimum Gasteiger partial charge on any atom is -0.509 e. The molecule has 0 heterocycles. The molecule has 6 atom stereocenters. The quantitative estimate of drug-likeness (QED) is 0.196. The van der Waals surface area contributed by atoms with Gasteiger partial charge in [0.2, 0.25) is 0 Å². The number of carbonyl (C=O) groups is 4. The molecule has 3 fully saturated rings. The van der Waals surface area contributed by atoms with Crippen molar-refractivity contribution < 1.29 is 39.6 Å². The average Bonchev–Trinajstić information content (AvgIpc) is 2.81. The summed E-state index contributed by atoms with van der Waals surface area (Å²) in [5, 5.41) is 44.9. The van der Waals surface area contributed by atoms with Crippen LogP contribution < -0.4 is 0 Å². The van der Waals surface area contributed by atoms with Crippen molar-refractivity contribution in [3.63, 3.8) is 0 Å². The summed E-state index contributed by atoms with van der Waals surface area (Å²) in [6, 6.07) is 0. The van der Waals surface area contributed by atoms with E-state index in [0.717, 1.165) is 19.9 Å². The van der Waals surface area contributed by atoms with Crippen LogP contribution in [0.3, 0.4) is 0 Å². The van der Waals surface area contributed by atoms with Gasteiger partial charge in [0.15, 0.2) is 23.1 Å². The Bertz CT molecular complexity index is 1240. The fourth-order valence-corrected chi connectivity index (χ4v) is 6.42. The fraction of sp³-hybridized carbons (Fsp3) is 0.429. The molecule has 0 aromatic heterocycles. The van der Waals surface area contributed by atoms with Crippen molar-refractivity contribution in [3.05, 3.63) is 71.3 Å². The van der Waals surface area contributed by atoms with Crippen LogP contribution in [-0.2, 0) is 19.2 Å². The second kappa shape index (κ2) is 8.64. The number of ketones is 4. The van der Waals surface area contributed by atoms with Crippen molar-refractivity contribution in [1.82, 2.24) is 0 Å². The molecule has 2 bridgehead atoms. The smallest absolute Gasteiger partial charge is 0.179 e. The van der Waals surface area contributed by atoms with Crippen LogP contribution in [-0.4, -0.2) is 54.8 Å². The summed E-state index contributed by atoms with van der Waals surface area (Å²) in [5.41, 5.74) is -10.4. The molecule has 0 amide bonds. The molecule has 0 spiro atoms. The highest BCUT2D eigenvalue weighted by Crippen LogP contribution is 2.70. The minimum atomic E-state index is -2.49. The predicted molar refractivity (Wildman–Crippen MR) is 132 cm³/mol. The average molecular weight is 497 g/mol. The number of hydrogen-bond donors (Lipinski definition) is 4. The first-order valence-electron chi connectivity index (χ1n) is 11.7. The maximum Gasteiger partial charge on any atom is 0.179 e. The monoisotopic (exact) mass is 496 g/mol. The van der Waals surface area contributed by atoms with E-state index in [-0.39, 0.29) is 5.57 Å². The van der Waals surface area contributed by atoms with E-state index in [1.165, 1.54) is 38.2 Å². The van der Waals surface area contributed by atoms with Crippen LogP contribution in [0.5, 0.6) is 0 Å². The number of aliphatic hydroxyl groups excluding tert-OH is 2. The van der Waals surface area contributed by atoms with Gasteiger partial charge < -0.3 is 20.4 Å². The van der Waals surface area contributed by atoms with E-state index in [4.69, 9.17) is 0 Å². The van der Waals surface area contributed by atoms with Crippen LogP contribution in [0.2, 0.25) is 0 Å². The number of aliphatic hydroxyl groups is 4. The van der Waals surface area contributed by atoms with Crippen molar-refractivity contribution in [2.45, 2.75) is 52.7 Å². The molecule has 8 nitrogen and oxygen atoms in total. The highest BCUT2D eigenvalue weighted by molar-refractivity contribution is 6.33. The van der Waals surface area contributed by atoms with Gasteiger partial charge in [0.25, 0.3) is 0 Å². The summed E-state index contributed by atoms with van der Waals surface area (Å²) in [5.74, 6) is -8.63. The van der Waals surface area contributed by atoms with Gasteiger partial charge in [-0.25, -0.2) is 0 Å². The van der Waals surface area contributed by atoms with Crippen LogP contribution in [0.4, 0.5) is 0 Å². The molecular formula is C28H32O8. The van der Waals surface area contributed by atoms with E-state index in [1.807, 2.05) is 0 Å². The van der Waals surface area contributed by atoms with Gasteiger partial charge in [-0.3, -0.25) is 19.2 Å². The Balaban J connectivity index is 2.56. The molecule has 0 radical (unpaired) electrons. The third-order valence-corrected chi connectivity index (χ3v) is 8.03. The van der Waals surface area contributed by atoms with E-state index < -0.39 is 74.1 Å². The third-order valence-electron chi connectivity index (χ3n) is 8.03. The molecule has 0 aromatic rings. The largest absolute Gasteiger partial charge is 0.509 e. The highest BCUT2D eigenvalue weighted by atomic mass is 16.3. The Hall–Kier alpha value is -3.36. The van der Waals surface area contributed by atoms with Gasteiger partial charge in [-0.15, -0.1) is 0 Å². The van der Waals surface area contributed by atoms with E-state index in [9.17, 15) is 39.6 Å². The van der Waals surface area contributed by atoms with Crippen molar-refractivity contribution in [1.29, 1.82) is 0 Å². The fourth-order valence-electron chi connectivity index (χ4n) is 6.42. The molecule has 8 heteroatoms. The number of rotatable bonds is 5. The summed E-state index contributed by atoms with van der Waals surface area (Å²) in [7, 11) is 0. The third kappa shape index (κ3) is 3.07. The number of hydrogen-bond acceptors (Lipinski definition) is 8. The maximum atomic E-state index is 14.0. The van der Waals surface area contributed by atoms with Gasteiger partial charge in [-0.05, 0) is 53.7 Å². The lowest BCUT2D eigenvalue weighted by atomic mass is 9.32. The molecule has 36 heavy (non-hydrogen) atoms. The van der Waals surface area contributed by atoms with E-state index >= 15 is 0 Å². The first kappa shape index (κ1) is 27.2. The first-order valence-corrected chi connectivity index (χ1v) is 11.7. The lowest BCUT2D eigenvalue weighted by Gasteiger charge is -2.66. The van der Waals surface area contributed by atoms with Gasteiger partial charge in [0, 0.05) is 23.0 Å². The topological polar surface area (TPSA) is 149 Å². The van der Waals surface area contributed by atoms with Crippen LogP contribution >= 0.6 is 0 Å². The van der Waals surface area contributed by atoms with Crippen LogP contribution in [0.1, 0.15) is 41.5 Å².